The number of hydrogen-bond donors (Lipinski definition) is 2. The molecule has 2 aromatic rings. The molecule has 3 atom stereocenters. The van der Waals surface area contributed by atoms with Gasteiger partial charge < -0.3 is 10.6 Å². The van der Waals surface area contributed by atoms with Crippen molar-refractivity contribution in [1.29, 1.82) is 0 Å². The zero-order chi connectivity index (χ0) is 22.2. The highest BCUT2D eigenvalue weighted by molar-refractivity contribution is 6.05. The number of aryl methyl sites for hydroxylation is 2. The Kier molecular flexibility index (Phi) is 5.73. The van der Waals surface area contributed by atoms with E-state index in [1.165, 1.54) is 0 Å². The van der Waals surface area contributed by atoms with Crippen LogP contribution in [0.15, 0.2) is 36.4 Å². The molecule has 0 radical (unpaired) electrons. The van der Waals surface area contributed by atoms with E-state index < -0.39 is 0 Å². The van der Waals surface area contributed by atoms with Gasteiger partial charge in [-0.05, 0) is 69.2 Å². The molecule has 4 rings (SSSR count). The van der Waals surface area contributed by atoms with Gasteiger partial charge in [0.1, 0.15) is 0 Å². The third kappa shape index (κ3) is 4.03. The number of unbranched alkanes of at least 4 members (excludes halogenated alkanes) is 1. The summed E-state index contributed by atoms with van der Waals surface area (Å²) in [6.45, 7) is 8.95. The van der Waals surface area contributed by atoms with Crippen LogP contribution in [-0.4, -0.2) is 21.6 Å². The second kappa shape index (κ2) is 8.33. The molecule has 0 unspecified atom stereocenters. The first kappa shape index (κ1) is 21.3. The summed E-state index contributed by atoms with van der Waals surface area (Å²) in [6, 6.07) is 7.09. The molecular weight excluding hydrogens is 388 g/mol. The highest BCUT2D eigenvalue weighted by Crippen LogP contribution is 2.52. The van der Waals surface area contributed by atoms with E-state index in [1.54, 1.807) is 24.3 Å². The first-order valence-electron chi connectivity index (χ1n) is 11.3. The van der Waals surface area contributed by atoms with Crippen molar-refractivity contribution in [3.05, 3.63) is 53.4 Å². The second-order valence-corrected chi connectivity index (χ2v) is 9.22. The standard InChI is InChI=1S/C25H32N4O2/c1-5-6-13-29-17(3)22(16(2)28-29)27-23(30)19-8-11-21(12-9-19)26-24(31)25(4)15-18-7-10-20(25)14-18/h7-12,18,20H,5-6,13-15H2,1-4H3,(H,26,31)(H,27,30)/t18-,20-,25-/m0/s1. The van der Waals surface area contributed by atoms with Gasteiger partial charge in [-0.25, -0.2) is 0 Å². The number of benzene rings is 1. The number of amides is 2. The molecular formula is C25H32N4O2. The number of carbonyl (C=O) groups excluding carboxylic acids is 2. The van der Waals surface area contributed by atoms with Crippen molar-refractivity contribution in [2.24, 2.45) is 17.3 Å². The minimum atomic E-state index is -0.345. The minimum Gasteiger partial charge on any atom is -0.326 e. The fourth-order valence-electron chi connectivity index (χ4n) is 4.92. The summed E-state index contributed by atoms with van der Waals surface area (Å²) in [7, 11) is 0. The van der Waals surface area contributed by atoms with Gasteiger partial charge in [-0.3, -0.25) is 14.3 Å². The number of carbonyl (C=O) groups is 2. The maximum absolute atomic E-state index is 12.9. The number of aromatic nitrogens is 2. The number of nitrogens with zero attached hydrogens (tertiary/aromatic N) is 2. The Morgan fingerprint density at radius 1 is 1.16 bits per heavy atom. The minimum absolute atomic E-state index is 0.0623. The first-order chi connectivity index (χ1) is 14.8. The van der Waals surface area contributed by atoms with Crippen LogP contribution in [0.4, 0.5) is 11.4 Å². The van der Waals surface area contributed by atoms with E-state index >= 15 is 0 Å². The largest absolute Gasteiger partial charge is 0.326 e. The van der Waals surface area contributed by atoms with E-state index in [-0.39, 0.29) is 17.2 Å². The zero-order valence-corrected chi connectivity index (χ0v) is 18.9. The van der Waals surface area contributed by atoms with Crippen LogP contribution in [0, 0.1) is 31.1 Å². The van der Waals surface area contributed by atoms with Gasteiger partial charge in [0, 0.05) is 17.8 Å². The fraction of sp³-hybridized carbons (Fsp3) is 0.480. The molecule has 31 heavy (non-hydrogen) atoms. The molecule has 1 fully saturated rings. The van der Waals surface area contributed by atoms with Crippen molar-refractivity contribution >= 4 is 23.2 Å². The van der Waals surface area contributed by atoms with Gasteiger partial charge in [-0.2, -0.15) is 5.10 Å². The van der Waals surface area contributed by atoms with Crippen molar-refractivity contribution in [3.63, 3.8) is 0 Å². The summed E-state index contributed by atoms with van der Waals surface area (Å²) >= 11 is 0. The quantitative estimate of drug-likeness (QED) is 0.612. The van der Waals surface area contributed by atoms with Crippen molar-refractivity contribution in [1.82, 2.24) is 9.78 Å². The Hall–Kier alpha value is -2.89. The van der Waals surface area contributed by atoms with Crippen molar-refractivity contribution in [3.8, 4) is 0 Å². The van der Waals surface area contributed by atoms with E-state index in [2.05, 4.69) is 41.7 Å². The van der Waals surface area contributed by atoms with Crippen LogP contribution in [0.25, 0.3) is 0 Å². The fourth-order valence-corrected chi connectivity index (χ4v) is 4.92. The maximum atomic E-state index is 12.9. The summed E-state index contributed by atoms with van der Waals surface area (Å²) in [4.78, 5) is 25.7. The van der Waals surface area contributed by atoms with E-state index in [4.69, 9.17) is 0 Å². The van der Waals surface area contributed by atoms with E-state index in [0.29, 0.717) is 23.1 Å². The number of hydrogen-bond acceptors (Lipinski definition) is 3. The molecule has 2 aliphatic carbocycles. The predicted molar refractivity (Wildman–Crippen MR) is 123 cm³/mol. The number of nitrogens with one attached hydrogen (secondary N) is 2. The number of rotatable bonds is 7. The summed E-state index contributed by atoms with van der Waals surface area (Å²) < 4.78 is 1.96. The SMILES string of the molecule is CCCCn1nc(C)c(NC(=O)c2ccc(NC(=O)[C@@]3(C)C[C@H]4C=C[C@H]3C4)cc2)c1C. The highest BCUT2D eigenvalue weighted by Gasteiger charge is 2.49. The molecule has 6 nitrogen and oxygen atoms in total. The van der Waals surface area contributed by atoms with Gasteiger partial charge in [0.15, 0.2) is 0 Å². The number of anilines is 2. The summed E-state index contributed by atoms with van der Waals surface area (Å²) in [5.74, 6) is 0.744. The lowest BCUT2D eigenvalue weighted by molar-refractivity contribution is -0.126. The van der Waals surface area contributed by atoms with Crippen LogP contribution in [0.2, 0.25) is 0 Å². The molecule has 1 aromatic heterocycles. The molecule has 2 amide bonds. The Morgan fingerprint density at radius 2 is 1.90 bits per heavy atom. The lowest BCUT2D eigenvalue weighted by Gasteiger charge is -2.29. The Labute approximate surface area is 184 Å². The van der Waals surface area contributed by atoms with Crippen LogP contribution in [0.5, 0.6) is 0 Å². The molecule has 2 bridgehead atoms. The molecule has 1 aromatic carbocycles. The van der Waals surface area contributed by atoms with Crippen LogP contribution in [0.3, 0.4) is 0 Å². The van der Waals surface area contributed by atoms with Gasteiger partial charge in [-0.1, -0.05) is 32.4 Å². The van der Waals surface area contributed by atoms with E-state index in [9.17, 15) is 9.59 Å². The average molecular weight is 421 g/mol. The van der Waals surface area contributed by atoms with E-state index in [1.807, 2.05) is 18.5 Å². The van der Waals surface area contributed by atoms with Crippen molar-refractivity contribution in [2.75, 3.05) is 10.6 Å². The van der Waals surface area contributed by atoms with Crippen molar-refractivity contribution in [2.45, 2.75) is 59.9 Å². The second-order valence-electron chi connectivity index (χ2n) is 9.22. The summed E-state index contributed by atoms with van der Waals surface area (Å²) in [6.07, 6.45) is 8.57. The smallest absolute Gasteiger partial charge is 0.255 e. The number of fused-ring (bicyclic) bond motifs is 2. The predicted octanol–water partition coefficient (Wildman–Crippen LogP) is 5.09. The zero-order valence-electron chi connectivity index (χ0n) is 18.9. The van der Waals surface area contributed by atoms with Crippen molar-refractivity contribution < 1.29 is 9.59 Å². The molecule has 2 N–H and O–H groups in total. The molecule has 164 valence electrons. The van der Waals surface area contributed by atoms with Crippen LogP contribution in [-0.2, 0) is 11.3 Å². The average Bonchev–Trinajstić information content (AvgIpc) is 3.42. The third-order valence-corrected chi connectivity index (χ3v) is 6.94. The monoisotopic (exact) mass is 420 g/mol. The third-order valence-electron chi connectivity index (χ3n) is 6.94. The van der Waals surface area contributed by atoms with Gasteiger partial charge in [0.25, 0.3) is 5.91 Å². The highest BCUT2D eigenvalue weighted by atomic mass is 16.2. The maximum Gasteiger partial charge on any atom is 0.255 e. The first-order valence-corrected chi connectivity index (χ1v) is 11.3. The Bertz CT molecular complexity index is 1020. The normalized spacial score (nSPS) is 23.9. The molecule has 0 spiro atoms. The van der Waals surface area contributed by atoms with Crippen LogP contribution in [0.1, 0.15) is 61.3 Å². The summed E-state index contributed by atoms with van der Waals surface area (Å²) in [5.41, 5.74) is 3.48. The van der Waals surface area contributed by atoms with Gasteiger partial charge in [0.05, 0.1) is 22.5 Å². The summed E-state index contributed by atoms with van der Waals surface area (Å²) in [5, 5.41) is 10.6. The molecule has 0 aliphatic heterocycles. The Balaban J connectivity index is 1.40. The Morgan fingerprint density at radius 3 is 2.52 bits per heavy atom. The van der Waals surface area contributed by atoms with Gasteiger partial charge >= 0.3 is 0 Å². The number of allylic oxidation sites excluding steroid dienone is 2. The lowest BCUT2D eigenvalue weighted by Crippen LogP contribution is -2.36. The lowest BCUT2D eigenvalue weighted by atomic mass is 9.77. The van der Waals surface area contributed by atoms with Gasteiger partial charge in [0.2, 0.25) is 5.91 Å². The molecule has 2 aliphatic rings. The van der Waals surface area contributed by atoms with E-state index in [0.717, 1.165) is 49.3 Å². The molecule has 0 saturated heterocycles. The molecule has 1 saturated carbocycles. The molecule has 1 heterocycles. The topological polar surface area (TPSA) is 76.0 Å². The van der Waals surface area contributed by atoms with Crippen LogP contribution < -0.4 is 10.6 Å². The molecule has 6 heteroatoms. The van der Waals surface area contributed by atoms with Gasteiger partial charge in [-0.15, -0.1) is 0 Å². The van der Waals surface area contributed by atoms with Crippen LogP contribution >= 0.6 is 0 Å².